The number of carbonyl (C=O) groups excluding carboxylic acids is 3. The topological polar surface area (TPSA) is 69.7 Å². The fraction of sp³-hybridized carbons (Fsp3) is 0.194. The van der Waals surface area contributed by atoms with Crippen molar-refractivity contribution in [1.29, 1.82) is 0 Å². The zero-order valence-electron chi connectivity index (χ0n) is 24.0. The number of allylic oxidation sites excluding steroid dienone is 1. The summed E-state index contributed by atoms with van der Waals surface area (Å²) < 4.78 is 31.1. The predicted octanol–water partition coefficient (Wildman–Crippen LogP) is 7.30. The number of carbonyl (C=O) groups is 3. The van der Waals surface area contributed by atoms with E-state index in [4.69, 9.17) is 0 Å². The maximum absolute atomic E-state index is 15.5. The Morgan fingerprint density at radius 3 is 2.09 bits per heavy atom. The van der Waals surface area contributed by atoms with E-state index in [0.29, 0.717) is 30.0 Å². The lowest BCUT2D eigenvalue weighted by molar-refractivity contribution is -0.125. The normalized spacial score (nSPS) is 16.7. The highest BCUT2D eigenvalue weighted by Crippen LogP contribution is 2.43. The van der Waals surface area contributed by atoms with Gasteiger partial charge in [0.15, 0.2) is 0 Å². The van der Waals surface area contributed by atoms with Crippen LogP contribution in [0.15, 0.2) is 109 Å². The van der Waals surface area contributed by atoms with Gasteiger partial charge in [-0.1, -0.05) is 66.7 Å². The summed E-state index contributed by atoms with van der Waals surface area (Å²) in [5.74, 6) is -4.48. The molecule has 0 aromatic heterocycles. The highest BCUT2D eigenvalue weighted by molar-refractivity contribution is 6.11. The van der Waals surface area contributed by atoms with Gasteiger partial charge in [0.25, 0.3) is 17.7 Å². The number of nitrogens with zero attached hydrogens (tertiary/aromatic N) is 2. The first-order valence-electron chi connectivity index (χ1n) is 14.7. The summed E-state index contributed by atoms with van der Waals surface area (Å²) >= 11 is 0. The minimum atomic E-state index is -3.30. The summed E-state index contributed by atoms with van der Waals surface area (Å²) in [6.07, 6.45) is 2.13. The monoisotopic (exact) mass is 591 g/mol. The Bertz CT molecular complexity index is 1730. The first-order valence-corrected chi connectivity index (χ1v) is 14.7. The molecule has 4 aromatic rings. The summed E-state index contributed by atoms with van der Waals surface area (Å²) in [5.41, 5.74) is 3.11. The zero-order chi connectivity index (χ0) is 30.7. The third-order valence-electron chi connectivity index (χ3n) is 8.11. The smallest absolute Gasteiger partial charge is 0.275 e. The van der Waals surface area contributed by atoms with E-state index in [0.717, 1.165) is 30.0 Å². The van der Waals surface area contributed by atoms with Crippen molar-refractivity contribution in [2.45, 2.75) is 25.2 Å². The maximum atomic E-state index is 15.5. The van der Waals surface area contributed by atoms with E-state index >= 15 is 8.78 Å². The molecule has 0 saturated carbocycles. The third-order valence-corrected chi connectivity index (χ3v) is 8.11. The summed E-state index contributed by atoms with van der Waals surface area (Å²) in [5, 5.41) is 2.89. The van der Waals surface area contributed by atoms with Crippen LogP contribution in [-0.2, 0) is 4.79 Å². The number of likely N-dealkylation sites (tertiary alicyclic amines) is 1. The number of halogens is 2. The standard InChI is InChI=1S/C36H31F2N3O3/c37-36(38)20-23-41(32-15-7-6-14-30(32)31(36)24-33(42)40-21-8-9-22-40)35(44)26-16-18-27(19-17-26)39-34(43)29-13-5-4-12-28(29)25-10-2-1-3-11-25/h1-7,10-19,24H,8-9,20-23H2,(H,39,43)/b31-24-. The largest absolute Gasteiger partial charge is 0.339 e. The molecule has 0 radical (unpaired) electrons. The van der Waals surface area contributed by atoms with E-state index in [2.05, 4.69) is 5.32 Å². The van der Waals surface area contributed by atoms with Crippen LogP contribution in [-0.4, -0.2) is 48.2 Å². The Morgan fingerprint density at radius 2 is 1.36 bits per heavy atom. The molecular formula is C36H31F2N3O3. The minimum Gasteiger partial charge on any atom is -0.339 e. The van der Waals surface area contributed by atoms with Crippen molar-refractivity contribution in [2.75, 3.05) is 29.9 Å². The molecule has 4 aromatic carbocycles. The van der Waals surface area contributed by atoms with E-state index in [-0.39, 0.29) is 29.2 Å². The SMILES string of the molecule is O=C(Nc1ccc(C(=O)N2CCC(F)(F)/C(=C\C(=O)N3CCCC3)c3ccccc32)cc1)c1ccccc1-c1ccccc1. The van der Waals surface area contributed by atoms with Gasteiger partial charge in [0, 0.05) is 60.1 Å². The second kappa shape index (κ2) is 12.2. The number of amides is 3. The number of hydrogen-bond acceptors (Lipinski definition) is 3. The number of para-hydroxylation sites is 1. The molecule has 1 saturated heterocycles. The van der Waals surface area contributed by atoms with Gasteiger partial charge in [-0.2, -0.15) is 0 Å². The van der Waals surface area contributed by atoms with Crippen LogP contribution in [0.25, 0.3) is 16.7 Å². The molecule has 3 amide bonds. The molecule has 0 spiro atoms. The molecule has 0 unspecified atom stereocenters. The van der Waals surface area contributed by atoms with Gasteiger partial charge in [-0.05, 0) is 60.4 Å². The van der Waals surface area contributed by atoms with Crippen molar-refractivity contribution in [3.63, 3.8) is 0 Å². The Kier molecular flexibility index (Phi) is 8.07. The van der Waals surface area contributed by atoms with Crippen LogP contribution in [0.4, 0.5) is 20.2 Å². The van der Waals surface area contributed by atoms with E-state index in [9.17, 15) is 14.4 Å². The van der Waals surface area contributed by atoms with Crippen molar-refractivity contribution >= 4 is 34.7 Å². The summed E-state index contributed by atoms with van der Waals surface area (Å²) in [4.78, 5) is 42.7. The van der Waals surface area contributed by atoms with Crippen LogP contribution in [0.1, 0.15) is 45.5 Å². The van der Waals surface area contributed by atoms with Gasteiger partial charge in [-0.25, -0.2) is 8.78 Å². The molecule has 6 nitrogen and oxygen atoms in total. The van der Waals surface area contributed by atoms with Crippen molar-refractivity contribution in [2.24, 2.45) is 0 Å². The number of hydrogen-bond donors (Lipinski definition) is 1. The number of anilines is 2. The van der Waals surface area contributed by atoms with Gasteiger partial charge in [0.2, 0.25) is 5.91 Å². The Hall–Kier alpha value is -5.11. The molecule has 2 aliphatic heterocycles. The third kappa shape index (κ3) is 5.88. The number of rotatable bonds is 5. The van der Waals surface area contributed by atoms with Crippen LogP contribution in [0, 0.1) is 0 Å². The van der Waals surface area contributed by atoms with Crippen LogP contribution in [0.5, 0.6) is 0 Å². The van der Waals surface area contributed by atoms with Crippen molar-refractivity contribution in [3.8, 4) is 11.1 Å². The Morgan fingerprint density at radius 1 is 0.727 bits per heavy atom. The number of fused-ring (bicyclic) bond motifs is 1. The fourth-order valence-corrected chi connectivity index (χ4v) is 5.79. The van der Waals surface area contributed by atoms with Gasteiger partial charge in [0.05, 0.1) is 5.69 Å². The number of nitrogens with one attached hydrogen (secondary N) is 1. The lowest BCUT2D eigenvalue weighted by Crippen LogP contribution is -2.33. The predicted molar refractivity (Wildman–Crippen MR) is 168 cm³/mol. The fourth-order valence-electron chi connectivity index (χ4n) is 5.79. The molecule has 8 heteroatoms. The number of alkyl halides is 2. The molecule has 6 rings (SSSR count). The van der Waals surface area contributed by atoms with Crippen LogP contribution >= 0.6 is 0 Å². The van der Waals surface area contributed by atoms with Crippen LogP contribution in [0.2, 0.25) is 0 Å². The van der Waals surface area contributed by atoms with Crippen LogP contribution in [0.3, 0.4) is 0 Å². The first kappa shape index (κ1) is 29.0. The molecule has 0 aliphatic carbocycles. The van der Waals surface area contributed by atoms with E-state index in [1.165, 1.54) is 11.0 Å². The molecular weight excluding hydrogens is 560 g/mol. The Labute approximate surface area is 254 Å². The molecule has 0 atom stereocenters. The summed E-state index contributed by atoms with van der Waals surface area (Å²) in [7, 11) is 0. The van der Waals surface area contributed by atoms with Crippen LogP contribution < -0.4 is 10.2 Å². The molecule has 44 heavy (non-hydrogen) atoms. The van der Waals surface area contributed by atoms with Crippen molar-refractivity contribution in [1.82, 2.24) is 4.90 Å². The van der Waals surface area contributed by atoms with Gasteiger partial charge in [-0.3, -0.25) is 14.4 Å². The molecule has 2 aliphatic rings. The molecule has 1 N–H and O–H groups in total. The second-order valence-electron chi connectivity index (χ2n) is 11.0. The van der Waals surface area contributed by atoms with E-state index in [1.807, 2.05) is 42.5 Å². The second-order valence-corrected chi connectivity index (χ2v) is 11.0. The van der Waals surface area contributed by atoms with Gasteiger partial charge in [0.1, 0.15) is 0 Å². The highest BCUT2D eigenvalue weighted by atomic mass is 19.3. The average molecular weight is 592 g/mol. The highest BCUT2D eigenvalue weighted by Gasteiger charge is 2.41. The molecule has 222 valence electrons. The van der Waals surface area contributed by atoms with Gasteiger partial charge in [-0.15, -0.1) is 0 Å². The van der Waals surface area contributed by atoms with E-state index < -0.39 is 24.2 Å². The van der Waals surface area contributed by atoms with Crippen molar-refractivity contribution < 1.29 is 23.2 Å². The summed E-state index contributed by atoms with van der Waals surface area (Å²) in [6.45, 7) is 0.875. The Balaban J connectivity index is 1.24. The average Bonchev–Trinajstić information content (AvgIpc) is 3.57. The van der Waals surface area contributed by atoms with E-state index in [1.54, 1.807) is 59.5 Å². The first-order chi connectivity index (χ1) is 21.3. The summed E-state index contributed by atoms with van der Waals surface area (Å²) in [6, 6.07) is 29.8. The lowest BCUT2D eigenvalue weighted by Gasteiger charge is -2.23. The van der Waals surface area contributed by atoms with Gasteiger partial charge >= 0.3 is 0 Å². The molecule has 2 heterocycles. The van der Waals surface area contributed by atoms with Gasteiger partial charge < -0.3 is 15.1 Å². The maximum Gasteiger partial charge on any atom is 0.275 e. The quantitative estimate of drug-likeness (QED) is 0.248. The molecule has 0 bridgehead atoms. The lowest BCUT2D eigenvalue weighted by atomic mass is 9.97. The van der Waals surface area contributed by atoms with Crippen molar-refractivity contribution in [3.05, 3.63) is 126 Å². The minimum absolute atomic E-state index is 0.164. The number of benzene rings is 4. The molecule has 1 fully saturated rings. The zero-order valence-corrected chi connectivity index (χ0v) is 24.0.